The summed E-state index contributed by atoms with van der Waals surface area (Å²) in [5, 5.41) is 0. The van der Waals surface area contributed by atoms with Gasteiger partial charge in [-0.1, -0.05) is 36.8 Å². The van der Waals surface area contributed by atoms with Crippen molar-refractivity contribution >= 4 is 17.9 Å². The van der Waals surface area contributed by atoms with Gasteiger partial charge in [0.15, 0.2) is 5.70 Å². The summed E-state index contributed by atoms with van der Waals surface area (Å²) in [6, 6.07) is 15.3. The molecular weight excluding hydrogens is 302 g/mol. The summed E-state index contributed by atoms with van der Waals surface area (Å²) >= 11 is 0. The van der Waals surface area contributed by atoms with Crippen LogP contribution in [0.5, 0.6) is 5.75 Å². The van der Waals surface area contributed by atoms with E-state index in [1.807, 2.05) is 55.5 Å². The quantitative estimate of drug-likeness (QED) is 0.614. The van der Waals surface area contributed by atoms with Crippen molar-refractivity contribution in [1.82, 2.24) is 0 Å². The zero-order valence-corrected chi connectivity index (χ0v) is 13.8. The predicted octanol–water partition coefficient (Wildman–Crippen LogP) is 4.13. The molecule has 0 saturated carbocycles. The zero-order valence-electron chi connectivity index (χ0n) is 13.8. The fourth-order valence-corrected chi connectivity index (χ4v) is 2.27. The number of benzene rings is 2. The maximum absolute atomic E-state index is 12.0. The maximum Gasteiger partial charge on any atom is 0.363 e. The van der Waals surface area contributed by atoms with E-state index in [-0.39, 0.29) is 0 Å². The van der Waals surface area contributed by atoms with Crippen LogP contribution >= 0.6 is 0 Å². The molecule has 0 aliphatic carbocycles. The third kappa shape index (κ3) is 3.71. The van der Waals surface area contributed by atoms with Crippen molar-refractivity contribution in [3.8, 4) is 5.75 Å². The first-order valence-electron chi connectivity index (χ1n) is 7.98. The minimum absolute atomic E-state index is 0.299. The van der Waals surface area contributed by atoms with Crippen molar-refractivity contribution in [2.24, 2.45) is 4.99 Å². The van der Waals surface area contributed by atoms with E-state index in [4.69, 9.17) is 9.47 Å². The molecule has 2 aromatic rings. The molecule has 0 radical (unpaired) electrons. The molecular formula is C20H19NO3. The molecule has 0 N–H and O–H groups in total. The van der Waals surface area contributed by atoms with E-state index in [2.05, 4.69) is 11.9 Å². The highest BCUT2D eigenvalue weighted by atomic mass is 16.6. The van der Waals surface area contributed by atoms with Gasteiger partial charge in [0.2, 0.25) is 5.90 Å². The standard InChI is InChI=1S/C20H19NO3/c1-3-12-23-17-10-6-15(7-11-17)13-18-20(22)24-19(21-18)16-8-4-14(2)5-9-16/h4-11,13H,3,12H2,1-2H3/b18-13-. The van der Waals surface area contributed by atoms with Crippen LogP contribution in [0.25, 0.3) is 6.08 Å². The second-order valence-corrected chi connectivity index (χ2v) is 5.62. The van der Waals surface area contributed by atoms with E-state index in [9.17, 15) is 4.79 Å². The topological polar surface area (TPSA) is 47.9 Å². The SMILES string of the molecule is CCCOc1ccc(/C=C2\N=C(c3ccc(C)cc3)OC2=O)cc1. The van der Waals surface area contributed by atoms with E-state index in [1.165, 1.54) is 0 Å². The molecule has 1 aliphatic heterocycles. The van der Waals surface area contributed by atoms with Crippen molar-refractivity contribution < 1.29 is 14.3 Å². The lowest BCUT2D eigenvalue weighted by molar-refractivity contribution is -0.129. The fourth-order valence-electron chi connectivity index (χ4n) is 2.27. The van der Waals surface area contributed by atoms with E-state index in [0.29, 0.717) is 18.2 Å². The molecule has 4 heteroatoms. The van der Waals surface area contributed by atoms with Crippen molar-refractivity contribution in [1.29, 1.82) is 0 Å². The van der Waals surface area contributed by atoms with Crippen molar-refractivity contribution in [3.05, 3.63) is 70.9 Å². The second kappa shape index (κ2) is 7.13. The van der Waals surface area contributed by atoms with Crippen LogP contribution in [0.3, 0.4) is 0 Å². The van der Waals surface area contributed by atoms with Gasteiger partial charge in [-0.2, -0.15) is 0 Å². The molecule has 0 bridgehead atoms. The first kappa shape index (κ1) is 16.0. The number of aliphatic imine (C=N–C) groups is 1. The number of carbonyl (C=O) groups is 1. The van der Waals surface area contributed by atoms with Crippen LogP contribution in [-0.4, -0.2) is 18.5 Å². The number of ether oxygens (including phenoxy) is 2. The van der Waals surface area contributed by atoms with Gasteiger partial charge < -0.3 is 9.47 Å². The molecule has 0 amide bonds. The number of nitrogens with zero attached hydrogens (tertiary/aromatic N) is 1. The van der Waals surface area contributed by atoms with Crippen molar-refractivity contribution in [2.75, 3.05) is 6.61 Å². The Morgan fingerprint density at radius 3 is 2.46 bits per heavy atom. The van der Waals surface area contributed by atoms with Gasteiger partial charge in [0.05, 0.1) is 6.61 Å². The van der Waals surface area contributed by atoms with Gasteiger partial charge in [0.1, 0.15) is 5.75 Å². The predicted molar refractivity (Wildman–Crippen MR) is 94.0 cm³/mol. The Hall–Kier alpha value is -2.88. The Balaban J connectivity index is 1.79. The smallest absolute Gasteiger partial charge is 0.363 e. The van der Waals surface area contributed by atoms with Gasteiger partial charge in [-0.3, -0.25) is 0 Å². The lowest BCUT2D eigenvalue weighted by Crippen LogP contribution is -2.05. The van der Waals surface area contributed by atoms with Crippen LogP contribution in [0.1, 0.15) is 30.0 Å². The number of rotatable bonds is 5. The number of hydrogen-bond acceptors (Lipinski definition) is 4. The minimum atomic E-state index is -0.433. The highest BCUT2D eigenvalue weighted by Crippen LogP contribution is 2.21. The summed E-state index contributed by atoms with van der Waals surface area (Å²) in [4.78, 5) is 16.3. The summed E-state index contributed by atoms with van der Waals surface area (Å²) in [5.41, 5.74) is 3.11. The lowest BCUT2D eigenvalue weighted by Gasteiger charge is -2.04. The number of carbonyl (C=O) groups excluding carboxylic acids is 1. The number of esters is 1. The molecule has 3 rings (SSSR count). The van der Waals surface area contributed by atoms with Gasteiger partial charge in [-0.05, 0) is 49.2 Å². The normalized spacial score (nSPS) is 15.3. The molecule has 0 saturated heterocycles. The number of cyclic esters (lactones) is 1. The summed E-state index contributed by atoms with van der Waals surface area (Å²) in [6.45, 7) is 4.76. The van der Waals surface area contributed by atoms with Crippen LogP contribution in [0, 0.1) is 6.92 Å². The largest absolute Gasteiger partial charge is 0.494 e. The van der Waals surface area contributed by atoms with Gasteiger partial charge in [0.25, 0.3) is 0 Å². The van der Waals surface area contributed by atoms with Gasteiger partial charge in [0, 0.05) is 5.56 Å². The molecule has 1 aliphatic rings. The Bertz CT molecular complexity index is 787. The summed E-state index contributed by atoms with van der Waals surface area (Å²) in [6.07, 6.45) is 2.68. The highest BCUT2D eigenvalue weighted by molar-refractivity contribution is 6.12. The molecule has 0 spiro atoms. The molecule has 1 heterocycles. The second-order valence-electron chi connectivity index (χ2n) is 5.62. The lowest BCUT2D eigenvalue weighted by atomic mass is 10.1. The number of hydrogen-bond donors (Lipinski definition) is 0. The van der Waals surface area contributed by atoms with Crippen LogP contribution in [0.2, 0.25) is 0 Å². The maximum atomic E-state index is 12.0. The number of aryl methyl sites for hydroxylation is 1. The molecule has 0 unspecified atom stereocenters. The molecule has 2 aromatic carbocycles. The van der Waals surface area contributed by atoms with Crippen molar-refractivity contribution in [2.45, 2.75) is 20.3 Å². The van der Waals surface area contributed by atoms with E-state index >= 15 is 0 Å². The fraction of sp³-hybridized carbons (Fsp3) is 0.200. The van der Waals surface area contributed by atoms with Crippen LogP contribution in [-0.2, 0) is 9.53 Å². The Morgan fingerprint density at radius 2 is 1.79 bits per heavy atom. The van der Waals surface area contributed by atoms with E-state index < -0.39 is 5.97 Å². The van der Waals surface area contributed by atoms with Crippen LogP contribution < -0.4 is 4.74 Å². The monoisotopic (exact) mass is 321 g/mol. The molecule has 0 aromatic heterocycles. The summed E-state index contributed by atoms with van der Waals surface area (Å²) in [5.74, 6) is 0.725. The Labute approximate surface area is 141 Å². The first-order chi connectivity index (χ1) is 11.7. The molecule has 0 fully saturated rings. The zero-order chi connectivity index (χ0) is 16.9. The molecule has 0 atom stereocenters. The molecule has 24 heavy (non-hydrogen) atoms. The molecule has 122 valence electrons. The summed E-state index contributed by atoms with van der Waals surface area (Å²) < 4.78 is 10.8. The van der Waals surface area contributed by atoms with Crippen LogP contribution in [0.4, 0.5) is 0 Å². The van der Waals surface area contributed by atoms with Gasteiger partial charge in [-0.15, -0.1) is 0 Å². The Kier molecular flexibility index (Phi) is 4.75. The average Bonchev–Trinajstić information content (AvgIpc) is 2.95. The van der Waals surface area contributed by atoms with Crippen LogP contribution in [0.15, 0.2) is 59.2 Å². The molecule has 4 nitrogen and oxygen atoms in total. The van der Waals surface area contributed by atoms with Gasteiger partial charge in [-0.25, -0.2) is 9.79 Å². The van der Waals surface area contributed by atoms with E-state index in [1.54, 1.807) is 6.08 Å². The summed E-state index contributed by atoms with van der Waals surface area (Å²) in [7, 11) is 0. The van der Waals surface area contributed by atoms with Gasteiger partial charge >= 0.3 is 5.97 Å². The third-order valence-electron chi connectivity index (χ3n) is 3.58. The third-order valence-corrected chi connectivity index (χ3v) is 3.58. The Morgan fingerprint density at radius 1 is 1.08 bits per heavy atom. The highest BCUT2D eigenvalue weighted by Gasteiger charge is 2.23. The van der Waals surface area contributed by atoms with Crippen molar-refractivity contribution in [3.63, 3.8) is 0 Å². The minimum Gasteiger partial charge on any atom is -0.494 e. The first-order valence-corrected chi connectivity index (χ1v) is 7.98. The average molecular weight is 321 g/mol. The van der Waals surface area contributed by atoms with E-state index in [0.717, 1.165) is 28.9 Å².